The van der Waals surface area contributed by atoms with Gasteiger partial charge in [0.1, 0.15) is 17.2 Å². The van der Waals surface area contributed by atoms with Crippen LogP contribution in [0.15, 0.2) is 72.8 Å². The number of aromatic hydroxyl groups is 1. The highest BCUT2D eigenvalue weighted by atomic mass is 16.5. The maximum Gasteiger partial charge on any atom is 0.123 e. The van der Waals surface area contributed by atoms with Gasteiger partial charge < -0.3 is 14.6 Å². The number of rotatable bonds is 5. The minimum Gasteiger partial charge on any atom is -0.507 e. The number of methoxy groups -OCH3 is 2. The molecule has 3 aromatic rings. The predicted octanol–water partition coefficient (Wildman–Crippen LogP) is 4.59. The van der Waals surface area contributed by atoms with Crippen molar-refractivity contribution in [2.75, 3.05) is 14.2 Å². The first-order chi connectivity index (χ1) is 11.7. The van der Waals surface area contributed by atoms with E-state index in [1.807, 2.05) is 54.6 Å². The summed E-state index contributed by atoms with van der Waals surface area (Å²) in [6, 6.07) is 23.5. The Labute approximate surface area is 142 Å². The Kier molecular flexibility index (Phi) is 4.71. The molecule has 3 rings (SSSR count). The Balaban J connectivity index is 2.11. The third-order valence-corrected chi connectivity index (χ3v) is 4.13. The molecule has 0 saturated carbocycles. The molecule has 0 radical (unpaired) electrons. The quantitative estimate of drug-likeness (QED) is 0.699. The third-order valence-electron chi connectivity index (χ3n) is 4.13. The van der Waals surface area contributed by atoms with Crippen LogP contribution >= 0.6 is 0 Å². The fourth-order valence-electron chi connectivity index (χ4n) is 2.89. The number of ether oxygens (including phenoxy) is 2. The van der Waals surface area contributed by atoms with Crippen LogP contribution in [0.25, 0.3) is 0 Å². The van der Waals surface area contributed by atoms with Gasteiger partial charge in [0.15, 0.2) is 0 Å². The monoisotopic (exact) mass is 320 g/mol. The minimum absolute atomic E-state index is 0.0667. The number of benzene rings is 3. The molecular weight excluding hydrogens is 300 g/mol. The van der Waals surface area contributed by atoms with Crippen molar-refractivity contribution in [1.29, 1.82) is 0 Å². The normalized spacial score (nSPS) is 11.8. The zero-order chi connectivity index (χ0) is 16.9. The number of phenolic OH excluding ortho intramolecular Hbond substituents is 1. The second-order valence-electron chi connectivity index (χ2n) is 5.54. The van der Waals surface area contributed by atoms with Crippen molar-refractivity contribution in [2.24, 2.45) is 0 Å². The molecule has 1 unspecified atom stereocenters. The van der Waals surface area contributed by atoms with E-state index in [1.54, 1.807) is 20.3 Å². The summed E-state index contributed by atoms with van der Waals surface area (Å²) in [6.45, 7) is 0. The van der Waals surface area contributed by atoms with Gasteiger partial charge in [0.2, 0.25) is 0 Å². The Morgan fingerprint density at radius 1 is 0.708 bits per heavy atom. The lowest BCUT2D eigenvalue weighted by Gasteiger charge is -2.20. The molecule has 0 spiro atoms. The van der Waals surface area contributed by atoms with Gasteiger partial charge in [0.25, 0.3) is 0 Å². The molecule has 0 bridgehead atoms. The standard InChI is InChI=1S/C21H20O3/c1-23-17-10-8-16(9-11-17)21(15-6-4-3-5-7-15)19-13-12-18(24-2)14-20(19)22/h3-14,21-22H,1-2H3. The molecule has 3 aromatic carbocycles. The molecule has 0 saturated heterocycles. The molecule has 3 heteroatoms. The van der Waals surface area contributed by atoms with Crippen molar-refractivity contribution in [3.05, 3.63) is 89.5 Å². The van der Waals surface area contributed by atoms with Gasteiger partial charge in [-0.05, 0) is 29.3 Å². The molecule has 0 aliphatic heterocycles. The summed E-state index contributed by atoms with van der Waals surface area (Å²) < 4.78 is 10.4. The van der Waals surface area contributed by atoms with Crippen LogP contribution in [0.4, 0.5) is 0 Å². The first-order valence-corrected chi connectivity index (χ1v) is 7.78. The highest BCUT2D eigenvalue weighted by molar-refractivity contribution is 5.51. The second kappa shape index (κ2) is 7.09. The minimum atomic E-state index is -0.0667. The van der Waals surface area contributed by atoms with E-state index < -0.39 is 0 Å². The zero-order valence-corrected chi connectivity index (χ0v) is 13.8. The van der Waals surface area contributed by atoms with Crippen molar-refractivity contribution in [3.8, 4) is 17.2 Å². The summed E-state index contributed by atoms with van der Waals surface area (Å²) in [5.41, 5.74) is 3.04. The lowest BCUT2D eigenvalue weighted by molar-refractivity contribution is 0.406. The Morgan fingerprint density at radius 3 is 1.88 bits per heavy atom. The van der Waals surface area contributed by atoms with Crippen LogP contribution in [0.5, 0.6) is 17.2 Å². The van der Waals surface area contributed by atoms with E-state index in [1.165, 1.54) is 0 Å². The predicted molar refractivity (Wildman–Crippen MR) is 95.0 cm³/mol. The molecule has 0 amide bonds. The van der Waals surface area contributed by atoms with Crippen molar-refractivity contribution < 1.29 is 14.6 Å². The van der Waals surface area contributed by atoms with E-state index in [0.29, 0.717) is 5.75 Å². The van der Waals surface area contributed by atoms with E-state index in [2.05, 4.69) is 12.1 Å². The first-order valence-electron chi connectivity index (χ1n) is 7.78. The van der Waals surface area contributed by atoms with Crippen LogP contribution in [0.1, 0.15) is 22.6 Å². The topological polar surface area (TPSA) is 38.7 Å². The number of phenols is 1. The van der Waals surface area contributed by atoms with E-state index in [-0.39, 0.29) is 11.7 Å². The Morgan fingerprint density at radius 2 is 1.29 bits per heavy atom. The van der Waals surface area contributed by atoms with Gasteiger partial charge in [-0.15, -0.1) is 0 Å². The van der Waals surface area contributed by atoms with E-state index in [0.717, 1.165) is 22.4 Å². The summed E-state index contributed by atoms with van der Waals surface area (Å²) in [6.07, 6.45) is 0. The van der Waals surface area contributed by atoms with Crippen LogP contribution in [-0.2, 0) is 0 Å². The van der Waals surface area contributed by atoms with Gasteiger partial charge >= 0.3 is 0 Å². The van der Waals surface area contributed by atoms with Crippen LogP contribution in [-0.4, -0.2) is 19.3 Å². The van der Waals surface area contributed by atoms with E-state index in [4.69, 9.17) is 9.47 Å². The molecule has 1 atom stereocenters. The van der Waals surface area contributed by atoms with Crippen molar-refractivity contribution in [1.82, 2.24) is 0 Å². The smallest absolute Gasteiger partial charge is 0.123 e. The largest absolute Gasteiger partial charge is 0.507 e. The van der Waals surface area contributed by atoms with Gasteiger partial charge in [-0.3, -0.25) is 0 Å². The van der Waals surface area contributed by atoms with Crippen molar-refractivity contribution >= 4 is 0 Å². The van der Waals surface area contributed by atoms with Gasteiger partial charge in [0, 0.05) is 17.5 Å². The van der Waals surface area contributed by atoms with Gasteiger partial charge in [-0.25, -0.2) is 0 Å². The number of hydrogen-bond donors (Lipinski definition) is 1. The van der Waals surface area contributed by atoms with E-state index >= 15 is 0 Å². The molecule has 1 N–H and O–H groups in total. The molecule has 0 fully saturated rings. The maximum absolute atomic E-state index is 10.5. The molecule has 0 aliphatic carbocycles. The van der Waals surface area contributed by atoms with Crippen LogP contribution in [0.2, 0.25) is 0 Å². The van der Waals surface area contributed by atoms with Crippen molar-refractivity contribution in [3.63, 3.8) is 0 Å². The van der Waals surface area contributed by atoms with Crippen molar-refractivity contribution in [2.45, 2.75) is 5.92 Å². The summed E-state index contributed by atoms with van der Waals surface area (Å²) in [5, 5.41) is 10.5. The summed E-state index contributed by atoms with van der Waals surface area (Å²) >= 11 is 0. The Bertz CT molecular complexity index is 795. The highest BCUT2D eigenvalue weighted by Crippen LogP contribution is 2.38. The highest BCUT2D eigenvalue weighted by Gasteiger charge is 2.20. The van der Waals surface area contributed by atoms with E-state index in [9.17, 15) is 5.11 Å². The molecule has 122 valence electrons. The molecule has 0 aromatic heterocycles. The SMILES string of the molecule is COc1ccc(C(c2ccccc2)c2ccc(OC)cc2O)cc1. The second-order valence-corrected chi connectivity index (χ2v) is 5.54. The van der Waals surface area contributed by atoms with Gasteiger partial charge in [-0.2, -0.15) is 0 Å². The fourth-order valence-corrected chi connectivity index (χ4v) is 2.89. The van der Waals surface area contributed by atoms with Crippen LogP contribution in [0.3, 0.4) is 0 Å². The van der Waals surface area contributed by atoms with Crippen LogP contribution in [0, 0.1) is 0 Å². The average Bonchev–Trinajstić information content (AvgIpc) is 2.64. The molecule has 0 heterocycles. The molecule has 3 nitrogen and oxygen atoms in total. The average molecular weight is 320 g/mol. The Hall–Kier alpha value is -2.94. The summed E-state index contributed by atoms with van der Waals surface area (Å²) in [7, 11) is 3.24. The molecular formula is C21H20O3. The summed E-state index contributed by atoms with van der Waals surface area (Å²) in [5.74, 6) is 1.60. The fraction of sp³-hybridized carbons (Fsp3) is 0.143. The van der Waals surface area contributed by atoms with Gasteiger partial charge in [0.05, 0.1) is 14.2 Å². The van der Waals surface area contributed by atoms with Gasteiger partial charge in [-0.1, -0.05) is 48.5 Å². The number of hydrogen-bond acceptors (Lipinski definition) is 3. The maximum atomic E-state index is 10.5. The lowest BCUT2D eigenvalue weighted by Crippen LogP contribution is -2.04. The molecule has 0 aliphatic rings. The van der Waals surface area contributed by atoms with Crippen LogP contribution < -0.4 is 9.47 Å². The zero-order valence-electron chi connectivity index (χ0n) is 13.8. The summed E-state index contributed by atoms with van der Waals surface area (Å²) in [4.78, 5) is 0. The molecule has 24 heavy (non-hydrogen) atoms. The lowest BCUT2D eigenvalue weighted by atomic mass is 9.84. The third kappa shape index (κ3) is 3.20. The first kappa shape index (κ1) is 15.9.